The Morgan fingerprint density at radius 1 is 1.35 bits per heavy atom. The van der Waals surface area contributed by atoms with Crippen LogP contribution in [0.5, 0.6) is 0 Å². The third-order valence-electron chi connectivity index (χ3n) is 4.59. The van der Waals surface area contributed by atoms with Gasteiger partial charge >= 0.3 is 0 Å². The fourth-order valence-corrected chi connectivity index (χ4v) is 3.75. The lowest BCUT2D eigenvalue weighted by Crippen LogP contribution is -2.48. The maximum Gasteiger partial charge on any atom is 0.130 e. The smallest absolute Gasteiger partial charge is 0.130 e. The molecule has 4 heteroatoms. The number of anilines is 1. The van der Waals surface area contributed by atoms with E-state index in [0.29, 0.717) is 23.7 Å². The van der Waals surface area contributed by atoms with Crippen molar-refractivity contribution in [3.63, 3.8) is 0 Å². The molecular weight excluding hydrogens is 248 g/mol. The van der Waals surface area contributed by atoms with Gasteiger partial charge in [0.1, 0.15) is 5.82 Å². The molecule has 1 aromatic rings. The number of fused-ring (bicyclic) bond motifs is 2. The molecule has 2 bridgehead atoms. The van der Waals surface area contributed by atoms with Crippen molar-refractivity contribution in [1.29, 1.82) is 5.26 Å². The van der Waals surface area contributed by atoms with Crippen LogP contribution in [-0.4, -0.2) is 29.7 Å². The minimum absolute atomic E-state index is 0.555. The molecule has 0 saturated carbocycles. The molecule has 20 heavy (non-hydrogen) atoms. The van der Waals surface area contributed by atoms with Crippen LogP contribution < -0.4 is 10.2 Å². The standard InChI is InChI=1S/C16H22N4/c1-3-20(15-8-13-4-5-14(9-15)19-13)16-7-12(10-17)6-11(2)18-16/h6-7,13-15,19H,3-5,8-9H2,1-2H3. The highest BCUT2D eigenvalue weighted by atomic mass is 15.2. The molecule has 2 saturated heterocycles. The first kappa shape index (κ1) is 13.4. The molecule has 0 amide bonds. The van der Waals surface area contributed by atoms with E-state index in [-0.39, 0.29) is 0 Å². The van der Waals surface area contributed by atoms with Crippen LogP contribution in [0.25, 0.3) is 0 Å². The van der Waals surface area contributed by atoms with E-state index >= 15 is 0 Å². The molecular formula is C16H22N4. The lowest BCUT2D eigenvalue weighted by atomic mass is 9.98. The summed E-state index contributed by atoms with van der Waals surface area (Å²) in [5.74, 6) is 0.968. The maximum absolute atomic E-state index is 9.14. The number of nitrogens with one attached hydrogen (secondary N) is 1. The van der Waals surface area contributed by atoms with Gasteiger partial charge in [0.2, 0.25) is 0 Å². The number of hydrogen-bond acceptors (Lipinski definition) is 4. The highest BCUT2D eigenvalue weighted by Gasteiger charge is 2.36. The van der Waals surface area contributed by atoms with Crippen LogP contribution in [0, 0.1) is 18.3 Å². The van der Waals surface area contributed by atoms with Gasteiger partial charge in [-0.05, 0) is 51.7 Å². The molecule has 0 radical (unpaired) electrons. The van der Waals surface area contributed by atoms with Crippen LogP contribution in [0.1, 0.15) is 43.9 Å². The van der Waals surface area contributed by atoms with Gasteiger partial charge in [-0.15, -0.1) is 0 Å². The van der Waals surface area contributed by atoms with Crippen molar-refractivity contribution < 1.29 is 0 Å². The van der Waals surface area contributed by atoms with E-state index in [9.17, 15) is 0 Å². The topological polar surface area (TPSA) is 52.0 Å². The normalized spacial score (nSPS) is 28.1. The Bertz CT molecular complexity index is 522. The third kappa shape index (κ3) is 2.51. The van der Waals surface area contributed by atoms with E-state index in [2.05, 4.69) is 28.2 Å². The molecule has 1 aromatic heterocycles. The zero-order valence-corrected chi connectivity index (χ0v) is 12.3. The average molecular weight is 270 g/mol. The van der Waals surface area contributed by atoms with Gasteiger partial charge in [-0.25, -0.2) is 4.98 Å². The monoisotopic (exact) mass is 270 g/mol. The van der Waals surface area contributed by atoms with E-state index < -0.39 is 0 Å². The minimum atomic E-state index is 0.555. The maximum atomic E-state index is 9.14. The molecule has 0 spiro atoms. The van der Waals surface area contributed by atoms with Crippen LogP contribution >= 0.6 is 0 Å². The molecule has 106 valence electrons. The van der Waals surface area contributed by atoms with Crippen molar-refractivity contribution in [1.82, 2.24) is 10.3 Å². The largest absolute Gasteiger partial charge is 0.354 e. The second-order valence-corrected chi connectivity index (χ2v) is 6.02. The first-order valence-corrected chi connectivity index (χ1v) is 7.61. The van der Waals surface area contributed by atoms with Gasteiger partial charge in [-0.1, -0.05) is 0 Å². The Kier molecular flexibility index (Phi) is 3.62. The molecule has 3 heterocycles. The SMILES string of the molecule is CCN(c1cc(C#N)cc(C)n1)C1CC2CCC(C1)N2. The Morgan fingerprint density at radius 2 is 2.05 bits per heavy atom. The van der Waals surface area contributed by atoms with E-state index in [1.807, 2.05) is 19.1 Å². The van der Waals surface area contributed by atoms with Gasteiger partial charge in [-0.2, -0.15) is 5.26 Å². The van der Waals surface area contributed by atoms with Gasteiger partial charge in [0.15, 0.2) is 0 Å². The summed E-state index contributed by atoms with van der Waals surface area (Å²) in [6.45, 7) is 5.09. The summed E-state index contributed by atoms with van der Waals surface area (Å²) in [5, 5.41) is 12.8. The number of aryl methyl sites for hydroxylation is 1. The van der Waals surface area contributed by atoms with Gasteiger partial charge in [-0.3, -0.25) is 0 Å². The summed E-state index contributed by atoms with van der Waals surface area (Å²) < 4.78 is 0. The summed E-state index contributed by atoms with van der Waals surface area (Å²) in [6.07, 6.45) is 5.01. The minimum Gasteiger partial charge on any atom is -0.354 e. The van der Waals surface area contributed by atoms with Crippen molar-refractivity contribution in [3.8, 4) is 6.07 Å². The number of nitriles is 1. The van der Waals surface area contributed by atoms with Crippen molar-refractivity contribution in [2.45, 2.75) is 57.7 Å². The van der Waals surface area contributed by atoms with Crippen molar-refractivity contribution >= 4 is 5.82 Å². The number of hydrogen-bond donors (Lipinski definition) is 1. The summed E-state index contributed by atoms with van der Waals surface area (Å²) in [5.41, 5.74) is 1.64. The summed E-state index contributed by atoms with van der Waals surface area (Å²) in [4.78, 5) is 7.04. The first-order valence-electron chi connectivity index (χ1n) is 7.61. The molecule has 2 aliphatic rings. The molecule has 1 N–H and O–H groups in total. The van der Waals surface area contributed by atoms with Crippen LogP contribution in [0.3, 0.4) is 0 Å². The molecule has 0 aromatic carbocycles. The number of nitrogens with zero attached hydrogens (tertiary/aromatic N) is 3. The average Bonchev–Trinajstić information content (AvgIpc) is 2.78. The molecule has 2 unspecified atom stereocenters. The zero-order chi connectivity index (χ0) is 14.1. The quantitative estimate of drug-likeness (QED) is 0.916. The molecule has 2 aliphatic heterocycles. The Morgan fingerprint density at radius 3 is 2.65 bits per heavy atom. The molecule has 2 atom stereocenters. The van der Waals surface area contributed by atoms with Crippen molar-refractivity contribution in [2.24, 2.45) is 0 Å². The number of rotatable bonds is 3. The Balaban J connectivity index is 1.86. The van der Waals surface area contributed by atoms with Crippen LogP contribution in [0.2, 0.25) is 0 Å². The van der Waals surface area contributed by atoms with Crippen LogP contribution in [-0.2, 0) is 0 Å². The first-order chi connectivity index (χ1) is 9.69. The van der Waals surface area contributed by atoms with Crippen LogP contribution in [0.4, 0.5) is 5.82 Å². The second-order valence-electron chi connectivity index (χ2n) is 6.02. The third-order valence-corrected chi connectivity index (χ3v) is 4.59. The Labute approximate surface area is 120 Å². The molecule has 2 fully saturated rings. The zero-order valence-electron chi connectivity index (χ0n) is 12.3. The van der Waals surface area contributed by atoms with E-state index in [1.165, 1.54) is 25.7 Å². The highest BCUT2D eigenvalue weighted by molar-refractivity contribution is 5.47. The lowest BCUT2D eigenvalue weighted by molar-refractivity contribution is 0.348. The fraction of sp³-hybridized carbons (Fsp3) is 0.625. The van der Waals surface area contributed by atoms with Crippen molar-refractivity contribution in [2.75, 3.05) is 11.4 Å². The van der Waals surface area contributed by atoms with E-state index in [1.54, 1.807) is 0 Å². The molecule has 3 rings (SSSR count). The number of pyridine rings is 1. The predicted octanol–water partition coefficient (Wildman–Crippen LogP) is 2.37. The summed E-state index contributed by atoms with van der Waals surface area (Å²) in [6, 6.07) is 7.93. The summed E-state index contributed by atoms with van der Waals surface area (Å²) >= 11 is 0. The van der Waals surface area contributed by atoms with Crippen molar-refractivity contribution in [3.05, 3.63) is 23.4 Å². The van der Waals surface area contributed by atoms with Gasteiger partial charge < -0.3 is 10.2 Å². The Hall–Kier alpha value is -1.60. The van der Waals surface area contributed by atoms with E-state index in [0.717, 1.165) is 18.1 Å². The van der Waals surface area contributed by atoms with Crippen LogP contribution in [0.15, 0.2) is 12.1 Å². The van der Waals surface area contributed by atoms with Gasteiger partial charge in [0, 0.05) is 30.4 Å². The second kappa shape index (κ2) is 5.41. The van der Waals surface area contributed by atoms with E-state index in [4.69, 9.17) is 5.26 Å². The highest BCUT2D eigenvalue weighted by Crippen LogP contribution is 2.31. The molecule has 4 nitrogen and oxygen atoms in total. The number of aromatic nitrogens is 1. The molecule has 0 aliphatic carbocycles. The summed E-state index contributed by atoms with van der Waals surface area (Å²) in [7, 11) is 0. The number of piperidine rings is 1. The van der Waals surface area contributed by atoms with Gasteiger partial charge in [0.25, 0.3) is 0 Å². The fourth-order valence-electron chi connectivity index (χ4n) is 3.75. The van der Waals surface area contributed by atoms with Gasteiger partial charge in [0.05, 0.1) is 11.6 Å². The predicted molar refractivity (Wildman–Crippen MR) is 79.7 cm³/mol. The lowest BCUT2D eigenvalue weighted by Gasteiger charge is -2.38.